The fraction of sp³-hybridized carbons (Fsp3) is 0.562. The van der Waals surface area contributed by atoms with Gasteiger partial charge in [-0.1, -0.05) is 17.7 Å². The standard InChI is InChI=1S/C16H20ClNO3/c17-13-3-1-2-12(10-13)15(20)18-7-5-16(6-8-18)11-14(19)4-9-21-16/h1-3,10,14,19H,4-9,11H2. The molecule has 1 aromatic rings. The molecule has 1 aromatic carbocycles. The van der Waals surface area contributed by atoms with Gasteiger partial charge in [0.05, 0.1) is 11.7 Å². The second-order valence-electron chi connectivity index (χ2n) is 5.98. The lowest BCUT2D eigenvalue weighted by atomic mass is 9.83. The number of benzene rings is 1. The molecule has 4 nitrogen and oxygen atoms in total. The number of likely N-dealkylation sites (tertiary alicyclic amines) is 1. The fourth-order valence-corrected chi connectivity index (χ4v) is 3.46. The van der Waals surface area contributed by atoms with Crippen LogP contribution < -0.4 is 0 Å². The van der Waals surface area contributed by atoms with Crippen molar-refractivity contribution in [1.82, 2.24) is 4.90 Å². The van der Waals surface area contributed by atoms with Crippen LogP contribution in [0.1, 0.15) is 36.0 Å². The van der Waals surface area contributed by atoms with Crippen LogP contribution in [0.15, 0.2) is 24.3 Å². The summed E-state index contributed by atoms with van der Waals surface area (Å²) in [5.41, 5.74) is 0.394. The Bertz CT molecular complexity index is 526. The third-order valence-electron chi connectivity index (χ3n) is 4.50. The molecule has 5 heteroatoms. The molecule has 2 fully saturated rings. The van der Waals surface area contributed by atoms with Crippen molar-refractivity contribution in [3.8, 4) is 0 Å². The highest BCUT2D eigenvalue weighted by Crippen LogP contribution is 2.35. The van der Waals surface area contributed by atoms with Crippen LogP contribution in [0, 0.1) is 0 Å². The minimum atomic E-state index is -0.270. The predicted octanol–water partition coefficient (Wildman–Crippen LogP) is 2.49. The zero-order valence-corrected chi connectivity index (χ0v) is 12.7. The van der Waals surface area contributed by atoms with Crippen molar-refractivity contribution in [1.29, 1.82) is 0 Å². The van der Waals surface area contributed by atoms with E-state index in [1.165, 1.54) is 0 Å². The minimum absolute atomic E-state index is 0.0173. The summed E-state index contributed by atoms with van der Waals surface area (Å²) >= 11 is 5.94. The van der Waals surface area contributed by atoms with E-state index in [2.05, 4.69) is 0 Å². The third-order valence-corrected chi connectivity index (χ3v) is 4.74. The first-order valence-corrected chi connectivity index (χ1v) is 7.83. The molecule has 3 rings (SSSR count). The van der Waals surface area contributed by atoms with E-state index in [9.17, 15) is 9.90 Å². The number of ether oxygens (including phenoxy) is 1. The van der Waals surface area contributed by atoms with Crippen LogP contribution in [0.5, 0.6) is 0 Å². The number of rotatable bonds is 1. The Morgan fingerprint density at radius 3 is 2.81 bits per heavy atom. The van der Waals surface area contributed by atoms with Crippen LogP contribution >= 0.6 is 11.6 Å². The molecule has 0 aromatic heterocycles. The molecule has 0 aliphatic carbocycles. The van der Waals surface area contributed by atoms with Gasteiger partial charge in [-0.05, 0) is 37.5 Å². The lowest BCUT2D eigenvalue weighted by Crippen LogP contribution is -2.51. The number of carbonyl (C=O) groups excluding carboxylic acids is 1. The second-order valence-corrected chi connectivity index (χ2v) is 6.42. The molecule has 1 N–H and O–H groups in total. The Morgan fingerprint density at radius 1 is 1.38 bits per heavy atom. The molecule has 1 amide bonds. The SMILES string of the molecule is O=C(c1cccc(Cl)c1)N1CCC2(CC1)CC(O)CCO2. The Morgan fingerprint density at radius 2 is 2.14 bits per heavy atom. The highest BCUT2D eigenvalue weighted by molar-refractivity contribution is 6.30. The van der Waals surface area contributed by atoms with Gasteiger partial charge >= 0.3 is 0 Å². The van der Waals surface area contributed by atoms with Crippen LogP contribution in [0.3, 0.4) is 0 Å². The van der Waals surface area contributed by atoms with Gasteiger partial charge < -0.3 is 14.7 Å². The summed E-state index contributed by atoms with van der Waals surface area (Å²) in [5, 5.41) is 10.4. The topological polar surface area (TPSA) is 49.8 Å². The lowest BCUT2D eigenvalue weighted by Gasteiger charge is -2.45. The fourth-order valence-electron chi connectivity index (χ4n) is 3.27. The zero-order chi connectivity index (χ0) is 14.9. The largest absolute Gasteiger partial charge is 0.393 e. The normalized spacial score (nSPS) is 25.0. The van der Waals surface area contributed by atoms with E-state index in [4.69, 9.17) is 16.3 Å². The first-order valence-electron chi connectivity index (χ1n) is 7.45. The molecule has 2 aliphatic heterocycles. The molecular weight excluding hydrogens is 290 g/mol. The van der Waals surface area contributed by atoms with Gasteiger partial charge in [0, 0.05) is 36.7 Å². The molecule has 21 heavy (non-hydrogen) atoms. The van der Waals surface area contributed by atoms with Crippen molar-refractivity contribution in [2.75, 3.05) is 19.7 Å². The van der Waals surface area contributed by atoms with Crippen LogP contribution in [0.4, 0.5) is 0 Å². The summed E-state index contributed by atoms with van der Waals surface area (Å²) in [6, 6.07) is 7.05. The Kier molecular flexibility index (Phi) is 4.20. The molecule has 0 radical (unpaired) electrons. The highest BCUT2D eigenvalue weighted by atomic mass is 35.5. The van der Waals surface area contributed by atoms with Crippen LogP contribution in [-0.4, -0.2) is 47.3 Å². The summed E-state index contributed by atoms with van der Waals surface area (Å²) in [4.78, 5) is 14.3. The van der Waals surface area contributed by atoms with E-state index in [0.717, 1.165) is 12.8 Å². The van der Waals surface area contributed by atoms with E-state index in [1.54, 1.807) is 24.3 Å². The molecule has 1 atom stereocenters. The number of halogens is 1. The number of amides is 1. The van der Waals surface area contributed by atoms with Crippen LogP contribution in [0.25, 0.3) is 0 Å². The number of carbonyl (C=O) groups is 1. The van der Waals surface area contributed by atoms with E-state index < -0.39 is 0 Å². The minimum Gasteiger partial charge on any atom is -0.393 e. The molecule has 114 valence electrons. The van der Waals surface area contributed by atoms with Gasteiger partial charge in [0.15, 0.2) is 0 Å². The number of hydrogen-bond donors (Lipinski definition) is 1. The summed E-state index contributed by atoms with van der Waals surface area (Å²) in [6.45, 7) is 1.94. The monoisotopic (exact) mass is 309 g/mol. The molecule has 2 aliphatic rings. The summed E-state index contributed by atoms with van der Waals surface area (Å²) < 4.78 is 5.91. The van der Waals surface area contributed by atoms with Crippen molar-refractivity contribution >= 4 is 17.5 Å². The van der Waals surface area contributed by atoms with E-state index >= 15 is 0 Å². The van der Waals surface area contributed by atoms with Gasteiger partial charge in [-0.25, -0.2) is 0 Å². The number of hydrogen-bond acceptors (Lipinski definition) is 3. The average Bonchev–Trinajstić information content (AvgIpc) is 2.47. The maximum Gasteiger partial charge on any atom is 0.253 e. The molecule has 0 saturated carbocycles. The van der Waals surface area contributed by atoms with E-state index in [1.807, 2.05) is 4.90 Å². The molecule has 0 bridgehead atoms. The van der Waals surface area contributed by atoms with Crippen molar-refractivity contribution in [2.45, 2.75) is 37.4 Å². The smallest absolute Gasteiger partial charge is 0.253 e. The Balaban J connectivity index is 1.64. The maximum absolute atomic E-state index is 12.5. The average molecular weight is 310 g/mol. The number of nitrogens with zero attached hydrogens (tertiary/aromatic N) is 1. The number of piperidine rings is 1. The van der Waals surface area contributed by atoms with Crippen molar-refractivity contribution < 1.29 is 14.6 Å². The first kappa shape index (κ1) is 14.8. The van der Waals surface area contributed by atoms with Crippen LogP contribution in [0.2, 0.25) is 5.02 Å². The highest BCUT2D eigenvalue weighted by Gasteiger charge is 2.40. The second kappa shape index (κ2) is 5.95. The molecule has 1 spiro atoms. The molecule has 2 heterocycles. The summed E-state index contributed by atoms with van der Waals surface area (Å²) in [7, 11) is 0. The summed E-state index contributed by atoms with van der Waals surface area (Å²) in [5.74, 6) is 0.0173. The van der Waals surface area contributed by atoms with Gasteiger partial charge in [-0.2, -0.15) is 0 Å². The van der Waals surface area contributed by atoms with Gasteiger partial charge in [0.2, 0.25) is 0 Å². The Hall–Kier alpha value is -1.10. The Labute approximate surface area is 129 Å². The van der Waals surface area contributed by atoms with Gasteiger partial charge in [0.1, 0.15) is 0 Å². The first-order chi connectivity index (χ1) is 10.1. The molecule has 2 saturated heterocycles. The quantitative estimate of drug-likeness (QED) is 0.867. The predicted molar refractivity (Wildman–Crippen MR) is 80.5 cm³/mol. The zero-order valence-electron chi connectivity index (χ0n) is 11.9. The number of aliphatic hydroxyl groups is 1. The van der Waals surface area contributed by atoms with Crippen molar-refractivity contribution in [2.24, 2.45) is 0 Å². The maximum atomic E-state index is 12.5. The lowest BCUT2D eigenvalue weighted by molar-refractivity contribution is -0.139. The summed E-state index contributed by atoms with van der Waals surface area (Å²) in [6.07, 6.45) is 2.71. The van der Waals surface area contributed by atoms with Crippen molar-refractivity contribution in [3.63, 3.8) is 0 Å². The third kappa shape index (κ3) is 3.23. The van der Waals surface area contributed by atoms with Gasteiger partial charge in [0.25, 0.3) is 5.91 Å². The van der Waals surface area contributed by atoms with Crippen molar-refractivity contribution in [3.05, 3.63) is 34.9 Å². The molecular formula is C16H20ClNO3. The molecule has 1 unspecified atom stereocenters. The van der Waals surface area contributed by atoms with E-state index in [0.29, 0.717) is 43.1 Å². The number of aliphatic hydroxyl groups excluding tert-OH is 1. The van der Waals surface area contributed by atoms with E-state index in [-0.39, 0.29) is 17.6 Å². The van der Waals surface area contributed by atoms with Gasteiger partial charge in [-0.15, -0.1) is 0 Å². The van der Waals surface area contributed by atoms with Crippen LogP contribution in [-0.2, 0) is 4.74 Å². The van der Waals surface area contributed by atoms with Gasteiger partial charge in [-0.3, -0.25) is 4.79 Å².